The molecule has 0 spiro atoms. The minimum absolute atomic E-state index is 1.12. The van der Waals surface area contributed by atoms with Gasteiger partial charge in [-0.05, 0) is 48.7 Å². The minimum atomic E-state index is 1.12. The van der Waals surface area contributed by atoms with Gasteiger partial charge < -0.3 is 10.6 Å². The molecule has 0 aliphatic rings. The smallest absolute Gasteiger partial charge is 0.0388 e. The van der Waals surface area contributed by atoms with Crippen LogP contribution in [0.2, 0.25) is 0 Å². The van der Waals surface area contributed by atoms with Crippen LogP contribution in [0.3, 0.4) is 0 Å². The van der Waals surface area contributed by atoms with E-state index in [2.05, 4.69) is 47.9 Å². The molecule has 0 unspecified atom stereocenters. The van der Waals surface area contributed by atoms with E-state index < -0.39 is 0 Å². The van der Waals surface area contributed by atoms with Crippen molar-refractivity contribution >= 4 is 17.1 Å². The topological polar surface area (TPSA) is 24.1 Å². The van der Waals surface area contributed by atoms with Crippen LogP contribution in [0.15, 0.2) is 48.5 Å². The largest absolute Gasteiger partial charge is 0.388 e. The molecule has 0 bridgehead atoms. The monoisotopic (exact) mass is 254 g/mol. The number of rotatable bonds is 6. The summed E-state index contributed by atoms with van der Waals surface area (Å²) in [6.07, 6.45) is 3.57. The molecule has 2 aromatic rings. The zero-order chi connectivity index (χ0) is 13.5. The van der Waals surface area contributed by atoms with Crippen LogP contribution in [0.1, 0.15) is 25.3 Å². The molecule has 0 aliphatic carbocycles. The van der Waals surface area contributed by atoms with Crippen molar-refractivity contribution in [3.05, 3.63) is 54.1 Å². The predicted molar refractivity (Wildman–Crippen MR) is 84.3 cm³/mol. The highest BCUT2D eigenvalue weighted by molar-refractivity contribution is 5.65. The fourth-order valence-corrected chi connectivity index (χ4v) is 2.18. The fourth-order valence-electron chi connectivity index (χ4n) is 2.18. The van der Waals surface area contributed by atoms with E-state index in [1.165, 1.54) is 24.1 Å². The fraction of sp³-hybridized carbons (Fsp3) is 0.294. The Hall–Kier alpha value is -1.96. The van der Waals surface area contributed by atoms with Crippen molar-refractivity contribution in [3.63, 3.8) is 0 Å². The first kappa shape index (κ1) is 13.5. The maximum atomic E-state index is 3.44. The van der Waals surface area contributed by atoms with Crippen molar-refractivity contribution in [1.82, 2.24) is 0 Å². The van der Waals surface area contributed by atoms with E-state index in [1.54, 1.807) is 0 Å². The zero-order valence-electron chi connectivity index (χ0n) is 11.7. The van der Waals surface area contributed by atoms with Crippen LogP contribution >= 0.6 is 0 Å². The summed E-state index contributed by atoms with van der Waals surface area (Å²) in [6.45, 7) is 2.23. The number of unbranched alkanes of at least 4 members (excludes halogenated alkanes) is 1. The van der Waals surface area contributed by atoms with E-state index in [4.69, 9.17) is 0 Å². The lowest BCUT2D eigenvalue weighted by molar-refractivity contribution is 0.796. The average Bonchev–Trinajstić information content (AvgIpc) is 2.46. The van der Waals surface area contributed by atoms with E-state index in [0.717, 1.165) is 17.8 Å². The molecule has 2 heteroatoms. The third kappa shape index (κ3) is 3.75. The van der Waals surface area contributed by atoms with Crippen molar-refractivity contribution in [2.75, 3.05) is 17.7 Å². The van der Waals surface area contributed by atoms with E-state index in [-0.39, 0.29) is 0 Å². The van der Waals surface area contributed by atoms with Gasteiger partial charge in [-0.15, -0.1) is 0 Å². The third-order valence-electron chi connectivity index (χ3n) is 3.24. The molecule has 2 rings (SSSR count). The molecular weight excluding hydrogens is 232 g/mol. The van der Waals surface area contributed by atoms with Gasteiger partial charge in [0.2, 0.25) is 0 Å². The summed E-state index contributed by atoms with van der Waals surface area (Å²) in [6, 6.07) is 16.8. The van der Waals surface area contributed by atoms with Crippen LogP contribution in [-0.2, 0) is 6.42 Å². The molecule has 0 amide bonds. The Bertz CT molecular complexity index is 506. The second-order valence-electron chi connectivity index (χ2n) is 4.72. The molecule has 2 aromatic carbocycles. The van der Waals surface area contributed by atoms with Crippen LogP contribution in [0, 0.1) is 0 Å². The summed E-state index contributed by atoms with van der Waals surface area (Å²) in [5.74, 6) is 0. The van der Waals surface area contributed by atoms with Gasteiger partial charge in [-0.25, -0.2) is 0 Å². The summed E-state index contributed by atoms with van der Waals surface area (Å²) >= 11 is 0. The van der Waals surface area contributed by atoms with E-state index in [1.807, 2.05) is 25.2 Å². The Kier molecular flexibility index (Phi) is 4.85. The quantitative estimate of drug-likeness (QED) is 0.772. The maximum Gasteiger partial charge on any atom is 0.0388 e. The Labute approximate surface area is 115 Å². The van der Waals surface area contributed by atoms with Crippen LogP contribution in [0.25, 0.3) is 0 Å². The number of hydrogen-bond acceptors (Lipinski definition) is 2. The molecular formula is C17H22N2. The summed E-state index contributed by atoms with van der Waals surface area (Å²) in [7, 11) is 1.98. The van der Waals surface area contributed by atoms with Gasteiger partial charge in [0, 0.05) is 24.1 Å². The molecule has 0 saturated carbocycles. The number of nitrogens with one attached hydrogen (secondary N) is 2. The number of hydrogen-bond donors (Lipinski definition) is 2. The van der Waals surface area contributed by atoms with Crippen molar-refractivity contribution in [3.8, 4) is 0 Å². The molecule has 0 radical (unpaired) electrons. The van der Waals surface area contributed by atoms with Gasteiger partial charge in [0.15, 0.2) is 0 Å². The molecule has 0 aliphatic heterocycles. The normalized spacial score (nSPS) is 10.2. The second kappa shape index (κ2) is 6.83. The van der Waals surface area contributed by atoms with Gasteiger partial charge in [-0.3, -0.25) is 0 Å². The van der Waals surface area contributed by atoms with Gasteiger partial charge in [-0.1, -0.05) is 31.5 Å². The molecule has 2 nitrogen and oxygen atoms in total. The first-order valence-corrected chi connectivity index (χ1v) is 6.96. The molecule has 0 heterocycles. The van der Waals surface area contributed by atoms with Crippen LogP contribution in [0.5, 0.6) is 0 Å². The first-order valence-electron chi connectivity index (χ1n) is 6.96. The van der Waals surface area contributed by atoms with Crippen molar-refractivity contribution in [1.29, 1.82) is 0 Å². The predicted octanol–water partition coefficient (Wildman–Crippen LogP) is 4.81. The summed E-state index contributed by atoms with van der Waals surface area (Å²) in [5.41, 5.74) is 4.88. The SMILES string of the molecule is CCCCc1cc(Nc2ccccc2)ccc1NC. The molecule has 0 atom stereocenters. The average molecular weight is 254 g/mol. The third-order valence-corrected chi connectivity index (χ3v) is 3.24. The molecule has 0 saturated heterocycles. The summed E-state index contributed by atoms with van der Waals surface area (Å²) in [5, 5.41) is 6.71. The minimum Gasteiger partial charge on any atom is -0.388 e. The highest BCUT2D eigenvalue weighted by Gasteiger charge is 2.03. The van der Waals surface area contributed by atoms with Crippen LogP contribution < -0.4 is 10.6 Å². The molecule has 19 heavy (non-hydrogen) atoms. The molecule has 0 fully saturated rings. The zero-order valence-corrected chi connectivity index (χ0v) is 11.7. The summed E-state index contributed by atoms with van der Waals surface area (Å²) < 4.78 is 0. The highest BCUT2D eigenvalue weighted by atomic mass is 14.9. The van der Waals surface area contributed by atoms with Gasteiger partial charge in [0.05, 0.1) is 0 Å². The Morgan fingerprint density at radius 2 is 1.74 bits per heavy atom. The first-order chi connectivity index (χ1) is 9.33. The van der Waals surface area contributed by atoms with Gasteiger partial charge in [-0.2, -0.15) is 0 Å². The second-order valence-corrected chi connectivity index (χ2v) is 4.72. The molecule has 0 aromatic heterocycles. The summed E-state index contributed by atoms with van der Waals surface area (Å²) in [4.78, 5) is 0. The lowest BCUT2D eigenvalue weighted by Crippen LogP contribution is -1.98. The van der Waals surface area contributed by atoms with Crippen molar-refractivity contribution in [2.24, 2.45) is 0 Å². The Morgan fingerprint density at radius 3 is 2.42 bits per heavy atom. The van der Waals surface area contributed by atoms with E-state index in [0.29, 0.717) is 0 Å². The molecule has 100 valence electrons. The van der Waals surface area contributed by atoms with Crippen LogP contribution in [0.4, 0.5) is 17.1 Å². The van der Waals surface area contributed by atoms with Crippen LogP contribution in [-0.4, -0.2) is 7.05 Å². The van der Waals surface area contributed by atoms with Crippen molar-refractivity contribution < 1.29 is 0 Å². The highest BCUT2D eigenvalue weighted by Crippen LogP contribution is 2.24. The maximum absolute atomic E-state index is 3.44. The Morgan fingerprint density at radius 1 is 0.947 bits per heavy atom. The van der Waals surface area contributed by atoms with Crippen molar-refractivity contribution in [2.45, 2.75) is 26.2 Å². The van der Waals surface area contributed by atoms with E-state index in [9.17, 15) is 0 Å². The number of para-hydroxylation sites is 1. The van der Waals surface area contributed by atoms with Gasteiger partial charge in [0.25, 0.3) is 0 Å². The molecule has 2 N–H and O–H groups in total. The number of anilines is 3. The number of aryl methyl sites for hydroxylation is 1. The van der Waals surface area contributed by atoms with Gasteiger partial charge >= 0.3 is 0 Å². The van der Waals surface area contributed by atoms with E-state index >= 15 is 0 Å². The lowest BCUT2D eigenvalue weighted by Gasteiger charge is -2.12. The Balaban J connectivity index is 2.17. The lowest BCUT2D eigenvalue weighted by atomic mass is 10.1. The number of benzene rings is 2. The standard InChI is InChI=1S/C17H22N2/c1-3-4-8-14-13-16(11-12-17(14)18-2)19-15-9-6-5-7-10-15/h5-7,9-13,18-19H,3-4,8H2,1-2H3. The van der Waals surface area contributed by atoms with Gasteiger partial charge in [0.1, 0.15) is 0 Å².